The highest BCUT2D eigenvalue weighted by molar-refractivity contribution is 5.60. The molecule has 39 heavy (non-hydrogen) atoms. The van der Waals surface area contributed by atoms with Crippen LogP contribution >= 0.6 is 0 Å². The van der Waals surface area contributed by atoms with E-state index in [4.69, 9.17) is 5.73 Å². The van der Waals surface area contributed by atoms with Crippen molar-refractivity contribution in [3.05, 3.63) is 47.1 Å². The Kier molecular flexibility index (Phi) is 7.81. The predicted molar refractivity (Wildman–Crippen MR) is 167 cm³/mol. The Labute approximate surface area is 239 Å². The zero-order valence-corrected chi connectivity index (χ0v) is 25.9. The smallest absolute Gasteiger partial charge is 0.0634 e. The summed E-state index contributed by atoms with van der Waals surface area (Å²) < 4.78 is 0. The lowest BCUT2D eigenvalue weighted by Gasteiger charge is -2.62. The van der Waals surface area contributed by atoms with Gasteiger partial charge in [-0.3, -0.25) is 0 Å². The van der Waals surface area contributed by atoms with Crippen molar-refractivity contribution in [1.29, 1.82) is 0 Å². The van der Waals surface area contributed by atoms with Gasteiger partial charge in [0.05, 0.1) is 6.10 Å². The Morgan fingerprint density at radius 3 is 2.59 bits per heavy atom. The quantitative estimate of drug-likeness (QED) is 0.243. The molecule has 1 aromatic rings. The van der Waals surface area contributed by atoms with Crippen LogP contribution in [0.4, 0.5) is 11.4 Å². The fourth-order valence-corrected chi connectivity index (χ4v) is 10.6. The van der Waals surface area contributed by atoms with Crippen molar-refractivity contribution >= 4 is 11.4 Å². The minimum Gasteiger partial charge on any atom is -0.399 e. The maximum atomic E-state index is 11.6. The molecule has 0 heterocycles. The van der Waals surface area contributed by atoms with E-state index in [1.54, 1.807) is 5.57 Å². The number of rotatable bonds is 7. The highest BCUT2D eigenvalue weighted by Gasteiger charge is 2.61. The molecule has 0 bridgehead atoms. The topological polar surface area (TPSA) is 58.3 Å². The largest absolute Gasteiger partial charge is 0.399 e. The van der Waals surface area contributed by atoms with Gasteiger partial charge in [-0.05, 0) is 136 Å². The molecule has 3 fully saturated rings. The summed E-state index contributed by atoms with van der Waals surface area (Å²) in [7, 11) is 1.97. The molecule has 4 N–H and O–H groups in total. The zero-order valence-electron chi connectivity index (χ0n) is 25.9. The first-order chi connectivity index (χ1) is 18.4. The standard InChI is InChI=1S/C36H56N2O/c1-23(2)9-8-10-24(3)28-14-15-29-27-13-16-32-35(5,30(27)17-19-34(28,29)4)20-18-33(39)36(32,6)22-25-11-12-26(37)21-31(25)38-7/h9,11-12,16,21,24,27-30,33,38-39H,8,10,13-15,17-20,22,37H2,1-7H3. The third-order valence-electron chi connectivity index (χ3n) is 12.6. The Hall–Kier alpha value is -1.74. The van der Waals surface area contributed by atoms with Crippen LogP contribution in [0.1, 0.15) is 105 Å². The number of nitrogens with one attached hydrogen (secondary N) is 1. The van der Waals surface area contributed by atoms with Crippen LogP contribution in [0.2, 0.25) is 0 Å². The minimum absolute atomic E-state index is 0.193. The molecule has 4 aliphatic carbocycles. The second-order valence-corrected chi connectivity index (χ2v) is 15.0. The average Bonchev–Trinajstić information content (AvgIpc) is 3.25. The summed E-state index contributed by atoms with van der Waals surface area (Å²) in [6.07, 6.45) is 17.0. The lowest BCUT2D eigenvalue weighted by Crippen LogP contribution is -2.55. The second kappa shape index (κ2) is 10.6. The van der Waals surface area contributed by atoms with Gasteiger partial charge in [0, 0.05) is 23.8 Å². The molecule has 9 unspecified atom stereocenters. The van der Waals surface area contributed by atoms with Crippen molar-refractivity contribution < 1.29 is 5.11 Å². The number of nitrogens with two attached hydrogens (primary N) is 1. The summed E-state index contributed by atoms with van der Waals surface area (Å²) in [4.78, 5) is 0. The van der Waals surface area contributed by atoms with E-state index in [0.717, 1.165) is 60.2 Å². The van der Waals surface area contributed by atoms with Gasteiger partial charge >= 0.3 is 0 Å². The molecule has 1 aromatic carbocycles. The molecule has 4 aliphatic rings. The number of benzene rings is 1. The first-order valence-corrected chi connectivity index (χ1v) is 16.0. The number of anilines is 2. The predicted octanol–water partition coefficient (Wildman–Crippen LogP) is 8.79. The van der Waals surface area contributed by atoms with Crippen molar-refractivity contribution in [1.82, 2.24) is 0 Å². The number of aliphatic hydroxyl groups is 1. The second-order valence-electron chi connectivity index (χ2n) is 15.0. The summed E-state index contributed by atoms with van der Waals surface area (Å²) >= 11 is 0. The molecule has 0 aliphatic heterocycles. The molecule has 0 amide bonds. The molecule has 3 saturated carbocycles. The van der Waals surface area contributed by atoms with Crippen LogP contribution in [0, 0.1) is 45.8 Å². The van der Waals surface area contributed by atoms with Crippen LogP contribution in [0.25, 0.3) is 0 Å². The Bertz CT molecular complexity index is 1120. The van der Waals surface area contributed by atoms with Gasteiger partial charge in [0.2, 0.25) is 0 Å². The lowest BCUT2D eigenvalue weighted by molar-refractivity contribution is -0.0813. The van der Waals surface area contributed by atoms with E-state index in [-0.39, 0.29) is 16.9 Å². The maximum Gasteiger partial charge on any atom is 0.0634 e. The Balaban J connectivity index is 1.41. The number of aliphatic hydroxyl groups excluding tert-OH is 1. The summed E-state index contributed by atoms with van der Waals surface area (Å²) in [6, 6.07) is 6.22. The third kappa shape index (κ3) is 4.79. The van der Waals surface area contributed by atoms with E-state index >= 15 is 0 Å². The van der Waals surface area contributed by atoms with E-state index in [1.807, 2.05) is 19.2 Å². The SMILES string of the molecule is CNc1cc(N)ccc1CC1(C)C2=CCC3C(CCC4(C)C(C(C)CCC=C(C)C)CCC34)C2(C)CCC1O. The Morgan fingerprint density at radius 2 is 1.87 bits per heavy atom. The van der Waals surface area contributed by atoms with Crippen LogP contribution < -0.4 is 11.1 Å². The van der Waals surface area contributed by atoms with Gasteiger partial charge in [0.15, 0.2) is 0 Å². The Morgan fingerprint density at radius 1 is 1.10 bits per heavy atom. The molecule has 0 aromatic heterocycles. The normalized spacial score (nSPS) is 40.1. The van der Waals surface area contributed by atoms with Gasteiger partial charge in [-0.25, -0.2) is 0 Å². The van der Waals surface area contributed by atoms with Gasteiger partial charge in [-0.1, -0.05) is 57.1 Å². The summed E-state index contributed by atoms with van der Waals surface area (Å²) in [5.41, 5.74) is 12.7. The summed E-state index contributed by atoms with van der Waals surface area (Å²) in [6.45, 7) is 14.6. The van der Waals surface area contributed by atoms with Crippen molar-refractivity contribution in [2.24, 2.45) is 45.8 Å². The fraction of sp³-hybridized carbons (Fsp3) is 0.722. The van der Waals surface area contributed by atoms with Crippen molar-refractivity contribution in [2.45, 2.75) is 112 Å². The van der Waals surface area contributed by atoms with Crippen LogP contribution in [0.5, 0.6) is 0 Å². The van der Waals surface area contributed by atoms with E-state index in [9.17, 15) is 5.11 Å². The number of hydrogen-bond acceptors (Lipinski definition) is 3. The van der Waals surface area contributed by atoms with Crippen LogP contribution in [-0.2, 0) is 6.42 Å². The van der Waals surface area contributed by atoms with Gasteiger partial charge in [-0.15, -0.1) is 0 Å². The van der Waals surface area contributed by atoms with Crippen molar-refractivity contribution in [3.8, 4) is 0 Å². The third-order valence-corrected chi connectivity index (χ3v) is 12.6. The number of fused-ring (bicyclic) bond motifs is 5. The number of hydrogen-bond donors (Lipinski definition) is 3. The molecule has 0 radical (unpaired) electrons. The van der Waals surface area contributed by atoms with E-state index < -0.39 is 0 Å². The van der Waals surface area contributed by atoms with Crippen LogP contribution in [0.15, 0.2) is 41.5 Å². The van der Waals surface area contributed by atoms with E-state index in [2.05, 4.69) is 65.1 Å². The van der Waals surface area contributed by atoms with Crippen LogP contribution in [-0.4, -0.2) is 18.3 Å². The van der Waals surface area contributed by atoms with E-state index in [1.165, 1.54) is 56.1 Å². The molecule has 0 spiro atoms. The summed E-state index contributed by atoms with van der Waals surface area (Å²) in [5.74, 6) is 4.09. The molecule has 9 atom stereocenters. The zero-order chi connectivity index (χ0) is 28.2. The molecule has 0 saturated heterocycles. The lowest BCUT2D eigenvalue weighted by atomic mass is 9.43. The minimum atomic E-state index is -0.304. The van der Waals surface area contributed by atoms with E-state index in [0.29, 0.717) is 5.41 Å². The molecular weight excluding hydrogens is 476 g/mol. The highest BCUT2D eigenvalue weighted by atomic mass is 16.3. The molecule has 3 heteroatoms. The highest BCUT2D eigenvalue weighted by Crippen LogP contribution is 2.69. The van der Waals surface area contributed by atoms with Crippen molar-refractivity contribution in [3.63, 3.8) is 0 Å². The van der Waals surface area contributed by atoms with Gasteiger partial charge in [-0.2, -0.15) is 0 Å². The van der Waals surface area contributed by atoms with Crippen molar-refractivity contribution in [2.75, 3.05) is 18.1 Å². The molecular formula is C36H56N2O. The monoisotopic (exact) mass is 532 g/mol. The maximum absolute atomic E-state index is 11.6. The number of nitrogen functional groups attached to an aromatic ring is 1. The van der Waals surface area contributed by atoms with Gasteiger partial charge < -0.3 is 16.2 Å². The summed E-state index contributed by atoms with van der Waals surface area (Å²) in [5, 5.41) is 14.9. The average molecular weight is 533 g/mol. The molecule has 216 valence electrons. The number of allylic oxidation sites excluding steroid dienone is 3. The molecule has 3 nitrogen and oxygen atoms in total. The first kappa shape index (κ1) is 28.8. The van der Waals surface area contributed by atoms with Crippen LogP contribution in [0.3, 0.4) is 0 Å². The molecule has 5 rings (SSSR count). The fourth-order valence-electron chi connectivity index (χ4n) is 10.6. The van der Waals surface area contributed by atoms with Gasteiger partial charge in [0.25, 0.3) is 0 Å². The first-order valence-electron chi connectivity index (χ1n) is 16.0. The van der Waals surface area contributed by atoms with Gasteiger partial charge in [0.1, 0.15) is 0 Å².